The van der Waals surface area contributed by atoms with Crippen LogP contribution in [0, 0.1) is 6.92 Å². The molecule has 0 aliphatic rings. The Kier molecular flexibility index (Phi) is 4.93. The van der Waals surface area contributed by atoms with Crippen molar-refractivity contribution in [3.05, 3.63) is 53.3 Å². The number of benzene rings is 1. The Morgan fingerprint density at radius 3 is 2.45 bits per heavy atom. The van der Waals surface area contributed by atoms with Crippen molar-refractivity contribution >= 4 is 0 Å². The summed E-state index contributed by atoms with van der Waals surface area (Å²) in [4.78, 5) is 2.12. The van der Waals surface area contributed by atoms with Gasteiger partial charge in [0.1, 0.15) is 6.10 Å². The van der Waals surface area contributed by atoms with Gasteiger partial charge in [-0.2, -0.15) is 5.10 Å². The molecule has 4 nitrogen and oxygen atoms in total. The maximum absolute atomic E-state index is 6.06. The largest absolute Gasteiger partial charge is 0.366 e. The molecule has 0 saturated heterocycles. The fourth-order valence-corrected chi connectivity index (χ4v) is 2.02. The number of ether oxygens (including phenoxy) is 1. The first-order valence-electron chi connectivity index (χ1n) is 6.88. The first-order chi connectivity index (χ1) is 9.56. The predicted molar refractivity (Wildman–Crippen MR) is 80.7 cm³/mol. The van der Waals surface area contributed by atoms with Crippen molar-refractivity contribution in [3.63, 3.8) is 0 Å². The van der Waals surface area contributed by atoms with Crippen LogP contribution in [0.15, 0.2) is 36.5 Å². The number of likely N-dealkylation sites (N-methyl/N-ethyl adjacent to an activating group) is 1. The van der Waals surface area contributed by atoms with Gasteiger partial charge >= 0.3 is 0 Å². The fourth-order valence-electron chi connectivity index (χ4n) is 2.02. The highest BCUT2D eigenvalue weighted by Crippen LogP contribution is 2.24. The highest BCUT2D eigenvalue weighted by Gasteiger charge is 2.17. The topological polar surface area (TPSA) is 30.3 Å². The zero-order chi connectivity index (χ0) is 14.5. The summed E-state index contributed by atoms with van der Waals surface area (Å²) in [6.45, 7) is 3.67. The van der Waals surface area contributed by atoms with Crippen molar-refractivity contribution in [3.8, 4) is 0 Å². The van der Waals surface area contributed by atoms with Crippen molar-refractivity contribution in [2.45, 2.75) is 13.0 Å². The molecule has 1 aromatic heterocycles. The summed E-state index contributed by atoms with van der Waals surface area (Å²) in [6, 6.07) is 10.5. The van der Waals surface area contributed by atoms with E-state index >= 15 is 0 Å². The molecule has 0 unspecified atom stereocenters. The smallest absolute Gasteiger partial charge is 0.126 e. The van der Waals surface area contributed by atoms with Crippen LogP contribution < -0.4 is 0 Å². The Balaban J connectivity index is 2.17. The van der Waals surface area contributed by atoms with E-state index in [0.29, 0.717) is 6.61 Å². The second-order valence-corrected chi connectivity index (χ2v) is 5.38. The Hall–Kier alpha value is -1.65. The molecule has 0 saturated carbocycles. The number of hydrogen-bond acceptors (Lipinski definition) is 3. The summed E-state index contributed by atoms with van der Waals surface area (Å²) in [5, 5.41) is 4.49. The molecule has 4 heteroatoms. The van der Waals surface area contributed by atoms with Crippen LogP contribution in [0.5, 0.6) is 0 Å². The predicted octanol–water partition coefficient (Wildman–Crippen LogP) is 2.40. The first-order valence-corrected chi connectivity index (χ1v) is 6.88. The van der Waals surface area contributed by atoms with E-state index in [9.17, 15) is 0 Å². The Morgan fingerprint density at radius 1 is 1.20 bits per heavy atom. The van der Waals surface area contributed by atoms with E-state index in [4.69, 9.17) is 4.74 Å². The number of aryl methyl sites for hydroxylation is 2. The summed E-state index contributed by atoms with van der Waals surface area (Å²) < 4.78 is 7.87. The van der Waals surface area contributed by atoms with Crippen LogP contribution in [0.2, 0.25) is 0 Å². The molecule has 0 aliphatic carbocycles. The molecule has 2 aromatic rings. The van der Waals surface area contributed by atoms with E-state index in [-0.39, 0.29) is 6.10 Å². The van der Waals surface area contributed by atoms with Crippen molar-refractivity contribution in [1.82, 2.24) is 14.7 Å². The van der Waals surface area contributed by atoms with Gasteiger partial charge in [0.15, 0.2) is 0 Å². The Morgan fingerprint density at radius 2 is 1.90 bits per heavy atom. The lowest BCUT2D eigenvalue weighted by molar-refractivity contribution is 0.0658. The minimum atomic E-state index is -0.100. The van der Waals surface area contributed by atoms with E-state index in [0.717, 1.165) is 17.8 Å². The van der Waals surface area contributed by atoms with E-state index in [1.165, 1.54) is 5.56 Å². The summed E-state index contributed by atoms with van der Waals surface area (Å²) >= 11 is 0. The molecular weight excluding hydrogens is 250 g/mol. The van der Waals surface area contributed by atoms with Crippen LogP contribution >= 0.6 is 0 Å². The van der Waals surface area contributed by atoms with Gasteiger partial charge in [-0.05, 0) is 32.6 Å². The zero-order valence-corrected chi connectivity index (χ0v) is 12.7. The van der Waals surface area contributed by atoms with Crippen molar-refractivity contribution in [1.29, 1.82) is 0 Å². The standard InChI is InChI=1S/C16H23N3O/c1-13-5-7-14(8-6-13)16(20-12-11-18(2)3)15-9-10-19(4)17-15/h5-10,16H,11-12H2,1-4H3/t16-/m0/s1. The molecule has 0 spiro atoms. The minimum absolute atomic E-state index is 0.100. The monoisotopic (exact) mass is 273 g/mol. The summed E-state index contributed by atoms with van der Waals surface area (Å²) in [5.74, 6) is 0. The van der Waals surface area contributed by atoms with Crippen LogP contribution in [-0.4, -0.2) is 41.9 Å². The lowest BCUT2D eigenvalue weighted by Crippen LogP contribution is -2.20. The Bertz CT molecular complexity index is 531. The van der Waals surface area contributed by atoms with Crippen LogP contribution in [0.3, 0.4) is 0 Å². The van der Waals surface area contributed by atoms with Gasteiger partial charge in [-0.15, -0.1) is 0 Å². The molecule has 0 radical (unpaired) electrons. The van der Waals surface area contributed by atoms with Crippen LogP contribution in [-0.2, 0) is 11.8 Å². The maximum atomic E-state index is 6.06. The van der Waals surface area contributed by atoms with Gasteiger partial charge in [0.05, 0.1) is 12.3 Å². The van der Waals surface area contributed by atoms with E-state index in [2.05, 4.69) is 41.2 Å². The number of hydrogen-bond donors (Lipinski definition) is 0. The van der Waals surface area contributed by atoms with Gasteiger partial charge in [0, 0.05) is 19.8 Å². The zero-order valence-electron chi connectivity index (χ0n) is 12.7. The Labute approximate surface area is 121 Å². The van der Waals surface area contributed by atoms with E-state index < -0.39 is 0 Å². The summed E-state index contributed by atoms with van der Waals surface area (Å²) in [7, 11) is 6.02. The third kappa shape index (κ3) is 3.92. The lowest BCUT2D eigenvalue weighted by Gasteiger charge is -2.18. The average molecular weight is 273 g/mol. The highest BCUT2D eigenvalue weighted by atomic mass is 16.5. The molecule has 0 aliphatic heterocycles. The molecule has 0 amide bonds. The molecule has 1 atom stereocenters. The minimum Gasteiger partial charge on any atom is -0.366 e. The SMILES string of the molecule is Cc1ccc([C@H](OCCN(C)C)c2ccn(C)n2)cc1. The molecule has 0 bridgehead atoms. The van der Waals surface area contributed by atoms with Crippen LogP contribution in [0.25, 0.3) is 0 Å². The second-order valence-electron chi connectivity index (χ2n) is 5.38. The first kappa shape index (κ1) is 14.8. The summed E-state index contributed by atoms with van der Waals surface area (Å²) in [6.07, 6.45) is 1.85. The molecule has 108 valence electrons. The normalized spacial score (nSPS) is 12.8. The van der Waals surface area contributed by atoms with Crippen LogP contribution in [0.1, 0.15) is 22.9 Å². The van der Waals surface area contributed by atoms with E-state index in [1.54, 1.807) is 0 Å². The molecule has 2 rings (SSSR count). The fraction of sp³-hybridized carbons (Fsp3) is 0.438. The molecule has 0 N–H and O–H groups in total. The lowest BCUT2D eigenvalue weighted by atomic mass is 10.1. The quantitative estimate of drug-likeness (QED) is 0.809. The average Bonchev–Trinajstić information content (AvgIpc) is 2.82. The van der Waals surface area contributed by atoms with Gasteiger partial charge in [-0.3, -0.25) is 4.68 Å². The number of aromatic nitrogens is 2. The molecule has 0 fully saturated rings. The van der Waals surface area contributed by atoms with Gasteiger partial charge in [0.25, 0.3) is 0 Å². The van der Waals surface area contributed by atoms with Gasteiger partial charge in [0.2, 0.25) is 0 Å². The highest BCUT2D eigenvalue weighted by molar-refractivity contribution is 5.28. The van der Waals surface area contributed by atoms with Crippen molar-refractivity contribution in [2.24, 2.45) is 7.05 Å². The van der Waals surface area contributed by atoms with Crippen LogP contribution in [0.4, 0.5) is 0 Å². The van der Waals surface area contributed by atoms with Gasteiger partial charge in [-0.25, -0.2) is 0 Å². The summed E-state index contributed by atoms with van der Waals surface area (Å²) in [5.41, 5.74) is 3.35. The third-order valence-electron chi connectivity index (χ3n) is 3.21. The molecular formula is C16H23N3O. The van der Waals surface area contributed by atoms with Gasteiger partial charge < -0.3 is 9.64 Å². The molecule has 20 heavy (non-hydrogen) atoms. The van der Waals surface area contributed by atoms with E-state index in [1.807, 2.05) is 38.1 Å². The maximum Gasteiger partial charge on any atom is 0.126 e. The molecule has 1 heterocycles. The third-order valence-corrected chi connectivity index (χ3v) is 3.21. The number of rotatable bonds is 6. The number of nitrogens with zero attached hydrogens (tertiary/aromatic N) is 3. The van der Waals surface area contributed by atoms with Crippen molar-refractivity contribution in [2.75, 3.05) is 27.2 Å². The molecule has 1 aromatic carbocycles. The van der Waals surface area contributed by atoms with Gasteiger partial charge in [-0.1, -0.05) is 29.8 Å². The second kappa shape index (κ2) is 6.68. The van der Waals surface area contributed by atoms with Crippen molar-refractivity contribution < 1.29 is 4.74 Å².